The average Bonchev–Trinajstić information content (AvgIpc) is 2.56. The van der Waals surface area contributed by atoms with E-state index in [4.69, 9.17) is 10.2 Å². The summed E-state index contributed by atoms with van der Waals surface area (Å²) in [6, 6.07) is 4.09. The number of benzene rings is 1. The molecule has 0 aliphatic carbocycles. The molecule has 1 aromatic carbocycles. The first-order valence-electron chi connectivity index (χ1n) is 3.72. The second-order valence-electron chi connectivity index (χ2n) is 2.57. The average molecular weight is 178 g/mol. The first-order valence-corrected chi connectivity index (χ1v) is 3.72. The fraction of sp³-hybridized carbons (Fsp3) is 0. The van der Waals surface area contributed by atoms with Crippen molar-refractivity contribution in [2.75, 3.05) is 5.73 Å². The smallest absolute Gasteiger partial charge is 0.227 e. The van der Waals surface area contributed by atoms with Gasteiger partial charge in [0.05, 0.1) is 11.8 Å². The Bertz CT molecular complexity index is 412. The van der Waals surface area contributed by atoms with E-state index in [1.54, 1.807) is 0 Å². The minimum atomic E-state index is -0.368. The number of nitrogen functional groups attached to an aromatic ring is 1. The van der Waals surface area contributed by atoms with Crippen molar-refractivity contribution in [1.29, 1.82) is 0 Å². The van der Waals surface area contributed by atoms with E-state index >= 15 is 0 Å². The van der Waals surface area contributed by atoms with Crippen LogP contribution in [0.15, 0.2) is 35.1 Å². The van der Waals surface area contributed by atoms with Crippen LogP contribution in [0.25, 0.3) is 11.5 Å². The maximum atomic E-state index is 12.7. The van der Waals surface area contributed by atoms with E-state index in [0.29, 0.717) is 17.1 Å². The van der Waals surface area contributed by atoms with Gasteiger partial charge in [-0.2, -0.15) is 0 Å². The third-order valence-electron chi connectivity index (χ3n) is 1.68. The highest BCUT2D eigenvalue weighted by molar-refractivity contribution is 5.70. The summed E-state index contributed by atoms with van der Waals surface area (Å²) in [6.45, 7) is 0. The zero-order valence-corrected chi connectivity index (χ0v) is 6.70. The Morgan fingerprint density at radius 1 is 1.38 bits per heavy atom. The molecule has 66 valence electrons. The van der Waals surface area contributed by atoms with E-state index in [9.17, 15) is 4.39 Å². The van der Waals surface area contributed by atoms with Crippen LogP contribution in [0.2, 0.25) is 0 Å². The van der Waals surface area contributed by atoms with Gasteiger partial charge in [-0.05, 0) is 18.2 Å². The van der Waals surface area contributed by atoms with Crippen molar-refractivity contribution in [3.8, 4) is 11.5 Å². The van der Waals surface area contributed by atoms with E-state index in [1.807, 2.05) is 0 Å². The van der Waals surface area contributed by atoms with Crippen molar-refractivity contribution in [2.24, 2.45) is 0 Å². The van der Waals surface area contributed by atoms with Crippen molar-refractivity contribution >= 4 is 5.69 Å². The number of halogens is 1. The summed E-state index contributed by atoms with van der Waals surface area (Å²) in [5, 5.41) is 0. The number of oxazole rings is 1. The van der Waals surface area contributed by atoms with Crippen molar-refractivity contribution in [3.05, 3.63) is 36.5 Å². The van der Waals surface area contributed by atoms with Crippen molar-refractivity contribution in [2.45, 2.75) is 0 Å². The molecular formula is C9H7FN2O. The number of hydrogen-bond acceptors (Lipinski definition) is 3. The van der Waals surface area contributed by atoms with Crippen LogP contribution in [-0.4, -0.2) is 4.98 Å². The summed E-state index contributed by atoms with van der Waals surface area (Å²) in [7, 11) is 0. The van der Waals surface area contributed by atoms with Crippen molar-refractivity contribution < 1.29 is 8.81 Å². The molecule has 0 amide bonds. The van der Waals surface area contributed by atoms with Gasteiger partial charge >= 0.3 is 0 Å². The molecule has 0 saturated carbocycles. The van der Waals surface area contributed by atoms with Gasteiger partial charge in [0.2, 0.25) is 5.89 Å². The van der Waals surface area contributed by atoms with E-state index in [1.165, 1.54) is 30.7 Å². The largest absolute Gasteiger partial charge is 0.444 e. The lowest BCUT2D eigenvalue weighted by Gasteiger charge is -1.99. The summed E-state index contributed by atoms with van der Waals surface area (Å²) < 4.78 is 17.7. The highest BCUT2D eigenvalue weighted by Gasteiger charge is 2.06. The molecule has 1 aromatic heterocycles. The molecule has 4 heteroatoms. The Morgan fingerprint density at radius 2 is 2.23 bits per heavy atom. The standard InChI is InChI=1S/C9H7FN2O/c10-6-1-2-7(8(11)5-6)9-12-3-4-13-9/h1-5H,11H2. The van der Waals surface area contributed by atoms with Crippen LogP contribution in [0, 0.1) is 5.82 Å². The SMILES string of the molecule is Nc1cc(F)ccc1-c1ncco1. The molecule has 3 nitrogen and oxygen atoms in total. The van der Waals surface area contributed by atoms with Gasteiger partial charge in [-0.3, -0.25) is 0 Å². The van der Waals surface area contributed by atoms with E-state index in [2.05, 4.69) is 4.98 Å². The predicted molar refractivity (Wildman–Crippen MR) is 46.3 cm³/mol. The second-order valence-corrected chi connectivity index (χ2v) is 2.57. The summed E-state index contributed by atoms with van der Waals surface area (Å²) in [5.41, 5.74) is 6.50. The van der Waals surface area contributed by atoms with E-state index in [-0.39, 0.29) is 5.82 Å². The molecular weight excluding hydrogens is 171 g/mol. The van der Waals surface area contributed by atoms with Gasteiger partial charge in [0.25, 0.3) is 0 Å². The molecule has 0 aliphatic rings. The lowest BCUT2D eigenvalue weighted by atomic mass is 10.2. The van der Waals surface area contributed by atoms with Gasteiger partial charge in [-0.1, -0.05) is 0 Å². The lowest BCUT2D eigenvalue weighted by Crippen LogP contribution is -1.90. The Balaban J connectivity index is 2.53. The van der Waals surface area contributed by atoms with Gasteiger partial charge in [-0.25, -0.2) is 9.37 Å². The van der Waals surface area contributed by atoms with Gasteiger partial charge < -0.3 is 10.2 Å². The van der Waals surface area contributed by atoms with E-state index < -0.39 is 0 Å². The maximum absolute atomic E-state index is 12.7. The highest BCUT2D eigenvalue weighted by atomic mass is 19.1. The molecule has 0 unspecified atom stereocenters. The zero-order valence-electron chi connectivity index (χ0n) is 6.70. The third kappa shape index (κ3) is 1.38. The van der Waals surface area contributed by atoms with Crippen LogP contribution in [0.3, 0.4) is 0 Å². The summed E-state index contributed by atoms with van der Waals surface area (Å²) in [5.74, 6) is 0.0327. The molecule has 0 fully saturated rings. The molecule has 1 heterocycles. The number of hydrogen-bond donors (Lipinski definition) is 1. The quantitative estimate of drug-likeness (QED) is 0.680. The fourth-order valence-electron chi connectivity index (χ4n) is 1.08. The molecule has 0 bridgehead atoms. The first kappa shape index (κ1) is 7.79. The molecule has 0 saturated heterocycles. The molecule has 2 rings (SSSR count). The van der Waals surface area contributed by atoms with Crippen LogP contribution >= 0.6 is 0 Å². The Labute approximate surface area is 74.0 Å². The van der Waals surface area contributed by atoms with Crippen molar-refractivity contribution in [3.63, 3.8) is 0 Å². The van der Waals surface area contributed by atoms with Gasteiger partial charge in [0, 0.05) is 5.69 Å². The van der Waals surface area contributed by atoms with Gasteiger partial charge in [0.15, 0.2) is 0 Å². The minimum Gasteiger partial charge on any atom is -0.444 e. The molecule has 2 aromatic rings. The molecule has 2 N–H and O–H groups in total. The normalized spacial score (nSPS) is 10.2. The topological polar surface area (TPSA) is 52.0 Å². The predicted octanol–water partition coefficient (Wildman–Crippen LogP) is 2.06. The highest BCUT2D eigenvalue weighted by Crippen LogP contribution is 2.24. The van der Waals surface area contributed by atoms with E-state index in [0.717, 1.165) is 0 Å². The summed E-state index contributed by atoms with van der Waals surface area (Å²) >= 11 is 0. The lowest BCUT2D eigenvalue weighted by molar-refractivity contribution is 0.574. The molecule has 0 spiro atoms. The number of aromatic nitrogens is 1. The second kappa shape index (κ2) is 2.90. The number of rotatable bonds is 1. The summed E-state index contributed by atoms with van der Waals surface area (Å²) in [4.78, 5) is 3.91. The first-order chi connectivity index (χ1) is 6.27. The maximum Gasteiger partial charge on any atom is 0.227 e. The van der Waals surface area contributed by atoms with Gasteiger partial charge in [-0.15, -0.1) is 0 Å². The van der Waals surface area contributed by atoms with Crippen LogP contribution < -0.4 is 5.73 Å². The number of nitrogens with two attached hydrogens (primary N) is 1. The summed E-state index contributed by atoms with van der Waals surface area (Å²) in [6.07, 6.45) is 2.95. The molecule has 0 radical (unpaired) electrons. The Morgan fingerprint density at radius 3 is 2.85 bits per heavy atom. The Kier molecular flexibility index (Phi) is 1.73. The zero-order chi connectivity index (χ0) is 9.26. The van der Waals surface area contributed by atoms with Crippen LogP contribution in [0.4, 0.5) is 10.1 Å². The van der Waals surface area contributed by atoms with Crippen LogP contribution in [-0.2, 0) is 0 Å². The molecule has 0 aliphatic heterocycles. The molecule has 13 heavy (non-hydrogen) atoms. The number of anilines is 1. The number of nitrogens with zero attached hydrogens (tertiary/aromatic N) is 1. The Hall–Kier alpha value is -1.84. The van der Waals surface area contributed by atoms with Gasteiger partial charge in [0.1, 0.15) is 12.1 Å². The monoisotopic (exact) mass is 178 g/mol. The van der Waals surface area contributed by atoms with Crippen molar-refractivity contribution in [1.82, 2.24) is 4.98 Å². The van der Waals surface area contributed by atoms with Crippen LogP contribution in [0.1, 0.15) is 0 Å². The third-order valence-corrected chi connectivity index (χ3v) is 1.68. The fourth-order valence-corrected chi connectivity index (χ4v) is 1.08. The van der Waals surface area contributed by atoms with Crippen LogP contribution in [0.5, 0.6) is 0 Å². The molecule has 0 atom stereocenters. The minimum absolute atomic E-state index is 0.322.